The molecule has 1 fully saturated rings. The van der Waals surface area contributed by atoms with Crippen LogP contribution in [-0.4, -0.2) is 29.7 Å². The van der Waals surface area contributed by atoms with E-state index in [2.05, 4.69) is 24.0 Å². The second-order valence-electron chi connectivity index (χ2n) is 3.65. The van der Waals surface area contributed by atoms with Gasteiger partial charge in [0.05, 0.1) is 5.69 Å². The van der Waals surface area contributed by atoms with Gasteiger partial charge in [0.15, 0.2) is 0 Å². The van der Waals surface area contributed by atoms with Gasteiger partial charge in [-0.3, -0.25) is 0 Å². The van der Waals surface area contributed by atoms with Crippen LogP contribution in [0.25, 0.3) is 0 Å². The molecule has 0 N–H and O–H groups in total. The highest BCUT2D eigenvalue weighted by Gasteiger charge is 2.28. The summed E-state index contributed by atoms with van der Waals surface area (Å²) in [6.45, 7) is 3.35. The Morgan fingerprint density at radius 2 is 2.50 bits per heavy atom. The van der Waals surface area contributed by atoms with E-state index in [-0.39, 0.29) is 0 Å². The number of likely N-dealkylation sites (tertiary alicyclic amines) is 1. The van der Waals surface area contributed by atoms with Crippen LogP contribution in [0.2, 0.25) is 0 Å². The normalized spacial score (nSPS) is 31.2. The van der Waals surface area contributed by atoms with Crippen LogP contribution in [-0.2, 0) is 0 Å². The molecule has 0 amide bonds. The van der Waals surface area contributed by atoms with Gasteiger partial charge in [0.25, 0.3) is 0 Å². The smallest absolute Gasteiger partial charge is 0.124 e. The van der Waals surface area contributed by atoms with E-state index >= 15 is 0 Å². The van der Waals surface area contributed by atoms with E-state index in [4.69, 9.17) is 4.52 Å². The van der Waals surface area contributed by atoms with Crippen LogP contribution in [0.1, 0.15) is 25.0 Å². The van der Waals surface area contributed by atoms with Gasteiger partial charge in [-0.1, -0.05) is 5.16 Å². The van der Waals surface area contributed by atoms with Crippen LogP contribution >= 0.6 is 0 Å². The lowest BCUT2D eigenvalue weighted by atomic mass is 10.0. The average molecular weight is 166 g/mol. The fourth-order valence-corrected chi connectivity index (χ4v) is 1.84. The number of hydrogen-bond acceptors (Lipinski definition) is 3. The van der Waals surface area contributed by atoms with Crippen LogP contribution in [0.5, 0.6) is 0 Å². The lowest BCUT2D eigenvalue weighted by Gasteiger charge is -2.12. The summed E-state index contributed by atoms with van der Waals surface area (Å²) >= 11 is 0. The van der Waals surface area contributed by atoms with Crippen molar-refractivity contribution in [2.75, 3.05) is 13.6 Å². The summed E-state index contributed by atoms with van der Waals surface area (Å²) in [7, 11) is 2.16. The molecule has 1 aromatic heterocycles. The van der Waals surface area contributed by atoms with Crippen molar-refractivity contribution in [3.8, 4) is 0 Å². The van der Waals surface area contributed by atoms with Crippen LogP contribution < -0.4 is 0 Å². The SMILES string of the molecule is CC1CC(c2ccon2)CN1C. The summed E-state index contributed by atoms with van der Waals surface area (Å²) in [5, 5.41) is 3.97. The quantitative estimate of drug-likeness (QED) is 0.633. The molecule has 1 saturated heterocycles. The van der Waals surface area contributed by atoms with Crippen molar-refractivity contribution >= 4 is 0 Å². The Hall–Kier alpha value is -0.830. The van der Waals surface area contributed by atoms with Gasteiger partial charge in [-0.05, 0) is 20.4 Å². The van der Waals surface area contributed by atoms with E-state index in [1.54, 1.807) is 6.26 Å². The molecule has 0 aromatic carbocycles. The average Bonchev–Trinajstić information content (AvgIpc) is 2.61. The molecule has 1 aliphatic heterocycles. The molecule has 0 radical (unpaired) electrons. The minimum Gasteiger partial charge on any atom is -0.365 e. The minimum absolute atomic E-state index is 0.573. The zero-order valence-electron chi connectivity index (χ0n) is 7.53. The molecule has 3 nitrogen and oxygen atoms in total. The van der Waals surface area contributed by atoms with Gasteiger partial charge in [-0.25, -0.2) is 0 Å². The highest BCUT2D eigenvalue weighted by Crippen LogP contribution is 2.28. The number of hydrogen-bond donors (Lipinski definition) is 0. The number of likely N-dealkylation sites (N-methyl/N-ethyl adjacent to an activating group) is 1. The van der Waals surface area contributed by atoms with Gasteiger partial charge in [-0.2, -0.15) is 0 Å². The number of aromatic nitrogens is 1. The van der Waals surface area contributed by atoms with Crippen LogP contribution in [0, 0.1) is 0 Å². The molecule has 3 heteroatoms. The Balaban J connectivity index is 2.09. The Morgan fingerprint density at radius 1 is 1.67 bits per heavy atom. The first-order valence-corrected chi connectivity index (χ1v) is 4.38. The van der Waals surface area contributed by atoms with Gasteiger partial charge in [-0.15, -0.1) is 0 Å². The molecular formula is C9H14N2O. The third-order valence-electron chi connectivity index (χ3n) is 2.76. The van der Waals surface area contributed by atoms with E-state index in [9.17, 15) is 0 Å². The van der Waals surface area contributed by atoms with Crippen molar-refractivity contribution in [1.29, 1.82) is 0 Å². The van der Waals surface area contributed by atoms with Crippen molar-refractivity contribution in [3.05, 3.63) is 18.0 Å². The maximum Gasteiger partial charge on any atom is 0.124 e. The van der Waals surface area contributed by atoms with Gasteiger partial charge in [0.1, 0.15) is 6.26 Å². The topological polar surface area (TPSA) is 29.3 Å². The third kappa shape index (κ3) is 1.25. The summed E-state index contributed by atoms with van der Waals surface area (Å²) in [5.74, 6) is 0.573. The van der Waals surface area contributed by atoms with Gasteiger partial charge in [0.2, 0.25) is 0 Å². The molecule has 0 spiro atoms. The molecule has 2 rings (SSSR count). The van der Waals surface area contributed by atoms with Gasteiger partial charge in [0, 0.05) is 24.6 Å². The highest BCUT2D eigenvalue weighted by atomic mass is 16.5. The predicted molar refractivity (Wildman–Crippen MR) is 46.0 cm³/mol. The molecule has 1 aromatic rings. The van der Waals surface area contributed by atoms with E-state index in [1.807, 2.05) is 6.07 Å². The molecule has 12 heavy (non-hydrogen) atoms. The predicted octanol–water partition coefficient (Wildman–Crippen LogP) is 1.48. The molecule has 0 bridgehead atoms. The summed E-state index contributed by atoms with van der Waals surface area (Å²) in [4.78, 5) is 2.36. The Kier molecular flexibility index (Phi) is 1.89. The first-order valence-electron chi connectivity index (χ1n) is 4.38. The standard InChI is InChI=1S/C9H14N2O/c1-7-5-8(6-11(7)2)9-3-4-12-10-9/h3-4,7-8H,5-6H2,1-2H3. The van der Waals surface area contributed by atoms with E-state index in [0.717, 1.165) is 12.2 Å². The molecule has 2 atom stereocenters. The lowest BCUT2D eigenvalue weighted by Crippen LogP contribution is -2.21. The monoisotopic (exact) mass is 166 g/mol. The largest absolute Gasteiger partial charge is 0.365 e. The molecule has 0 aliphatic carbocycles. The van der Waals surface area contributed by atoms with Crippen LogP contribution in [0.15, 0.2) is 16.9 Å². The molecule has 66 valence electrons. The first-order chi connectivity index (χ1) is 5.77. The Bertz CT molecular complexity index is 235. The van der Waals surface area contributed by atoms with Crippen molar-refractivity contribution in [2.45, 2.75) is 25.3 Å². The number of nitrogens with zero attached hydrogens (tertiary/aromatic N) is 2. The zero-order valence-corrected chi connectivity index (χ0v) is 7.53. The fourth-order valence-electron chi connectivity index (χ4n) is 1.84. The molecular weight excluding hydrogens is 152 g/mol. The van der Waals surface area contributed by atoms with Crippen molar-refractivity contribution in [2.24, 2.45) is 0 Å². The van der Waals surface area contributed by atoms with Crippen LogP contribution in [0.3, 0.4) is 0 Å². The molecule has 2 heterocycles. The minimum atomic E-state index is 0.573. The third-order valence-corrected chi connectivity index (χ3v) is 2.76. The lowest BCUT2D eigenvalue weighted by molar-refractivity contribution is 0.328. The van der Waals surface area contributed by atoms with Crippen molar-refractivity contribution in [1.82, 2.24) is 10.1 Å². The summed E-state index contributed by atoms with van der Waals surface area (Å²) in [6, 6.07) is 2.64. The van der Waals surface area contributed by atoms with Crippen LogP contribution in [0.4, 0.5) is 0 Å². The van der Waals surface area contributed by atoms with Gasteiger partial charge < -0.3 is 9.42 Å². The summed E-state index contributed by atoms with van der Waals surface area (Å²) in [5.41, 5.74) is 1.10. The Labute approximate surface area is 72.3 Å². The van der Waals surface area contributed by atoms with E-state index in [1.165, 1.54) is 6.42 Å². The van der Waals surface area contributed by atoms with E-state index < -0.39 is 0 Å². The zero-order chi connectivity index (χ0) is 8.55. The molecule has 0 saturated carbocycles. The van der Waals surface area contributed by atoms with Crippen molar-refractivity contribution in [3.63, 3.8) is 0 Å². The van der Waals surface area contributed by atoms with Gasteiger partial charge >= 0.3 is 0 Å². The highest BCUT2D eigenvalue weighted by molar-refractivity contribution is 5.08. The molecule has 2 unspecified atom stereocenters. The maximum absolute atomic E-state index is 4.83. The molecule has 1 aliphatic rings. The summed E-state index contributed by atoms with van der Waals surface area (Å²) < 4.78 is 4.83. The fraction of sp³-hybridized carbons (Fsp3) is 0.667. The summed E-state index contributed by atoms with van der Waals surface area (Å²) in [6.07, 6.45) is 2.85. The Morgan fingerprint density at radius 3 is 3.00 bits per heavy atom. The maximum atomic E-state index is 4.83. The first kappa shape index (κ1) is 7.80. The second-order valence-corrected chi connectivity index (χ2v) is 3.65. The second kappa shape index (κ2) is 2.90. The van der Waals surface area contributed by atoms with Crippen molar-refractivity contribution < 1.29 is 4.52 Å². The van der Waals surface area contributed by atoms with E-state index in [0.29, 0.717) is 12.0 Å². The number of rotatable bonds is 1.